The molecule has 13 rings (SSSR count). The molecule has 0 saturated heterocycles. The summed E-state index contributed by atoms with van der Waals surface area (Å²) < 4.78 is 13.4. The molecular formula is C60H32Cl4N4O5S6. The minimum absolute atomic E-state index is 0.0461. The van der Waals surface area contributed by atoms with Crippen LogP contribution in [-0.4, -0.2) is 16.7 Å². The van der Waals surface area contributed by atoms with E-state index in [-0.39, 0.29) is 59.5 Å². The summed E-state index contributed by atoms with van der Waals surface area (Å²) in [5, 5.41) is 52.4. The van der Waals surface area contributed by atoms with Crippen molar-refractivity contribution in [3.63, 3.8) is 0 Å². The maximum Gasteiger partial charge on any atom is 0.194 e. The van der Waals surface area contributed by atoms with Crippen molar-refractivity contribution >= 4 is 149 Å². The van der Waals surface area contributed by atoms with E-state index in [0.29, 0.717) is 49.8 Å². The molecule has 0 bridgehead atoms. The second-order valence-corrected chi connectivity index (χ2v) is 28.8. The number of aliphatic hydroxyl groups excluding tert-OH is 1. The third kappa shape index (κ3) is 7.75. The molecule has 386 valence electrons. The number of hydrogen-bond acceptors (Lipinski definition) is 15. The highest BCUT2D eigenvalue weighted by atomic mass is 35.5. The predicted octanol–water partition coefficient (Wildman–Crippen LogP) is 18.7. The Morgan fingerprint density at radius 3 is 1.51 bits per heavy atom. The molecule has 79 heavy (non-hydrogen) atoms. The molecule has 0 amide bonds. The van der Waals surface area contributed by atoms with Gasteiger partial charge in [-0.25, -0.2) is 0 Å². The molecule has 2 aromatic carbocycles. The highest BCUT2D eigenvalue weighted by Gasteiger charge is 2.45. The predicted molar refractivity (Wildman–Crippen MR) is 320 cm³/mol. The van der Waals surface area contributed by atoms with Gasteiger partial charge >= 0.3 is 0 Å². The van der Waals surface area contributed by atoms with Crippen LogP contribution in [0.5, 0.6) is 11.5 Å². The molecule has 1 atom stereocenters. The van der Waals surface area contributed by atoms with Crippen molar-refractivity contribution < 1.29 is 24.2 Å². The fourth-order valence-electron chi connectivity index (χ4n) is 11.0. The van der Waals surface area contributed by atoms with Crippen LogP contribution in [0.4, 0.5) is 0 Å². The van der Waals surface area contributed by atoms with Crippen molar-refractivity contribution in [1.29, 1.82) is 21.0 Å². The summed E-state index contributed by atoms with van der Waals surface area (Å²) in [6.07, 6.45) is 2.33. The fraction of sp³-hybridized carbons (Fsp3) is 0.167. The van der Waals surface area contributed by atoms with Crippen molar-refractivity contribution in [2.24, 2.45) is 0 Å². The first-order valence-electron chi connectivity index (χ1n) is 24.1. The lowest BCUT2D eigenvalue weighted by atomic mass is 9.74. The Morgan fingerprint density at radius 2 is 0.962 bits per heavy atom. The lowest BCUT2D eigenvalue weighted by Crippen LogP contribution is -2.31. The quantitative estimate of drug-likeness (QED) is 0.133. The zero-order valence-corrected chi connectivity index (χ0v) is 49.8. The number of carbonyl (C=O) groups excluding carboxylic acids is 2. The van der Waals surface area contributed by atoms with Crippen LogP contribution in [0.25, 0.3) is 72.1 Å². The van der Waals surface area contributed by atoms with Gasteiger partial charge in [0.15, 0.2) is 11.6 Å². The molecule has 8 aromatic rings. The number of ketones is 2. The average molecular weight is 1220 g/mol. The van der Waals surface area contributed by atoms with E-state index in [0.717, 1.165) is 70.3 Å². The molecule has 1 unspecified atom stereocenters. The second-order valence-electron chi connectivity index (χ2n) is 20.8. The molecule has 2 aliphatic heterocycles. The largest absolute Gasteiger partial charge is 0.482 e. The number of thiophene rings is 6. The van der Waals surface area contributed by atoms with Gasteiger partial charge < -0.3 is 14.6 Å². The molecule has 9 nitrogen and oxygen atoms in total. The Hall–Kier alpha value is -6.38. The smallest absolute Gasteiger partial charge is 0.194 e. The number of allylic oxidation sites excluding steroid dienone is 4. The molecule has 1 N–H and O–H groups in total. The van der Waals surface area contributed by atoms with Gasteiger partial charge in [0.05, 0.1) is 49.9 Å². The van der Waals surface area contributed by atoms with Gasteiger partial charge in [-0.05, 0) is 142 Å². The Balaban J connectivity index is 0.852. The number of ether oxygens (including phenoxy) is 2. The third-order valence-corrected chi connectivity index (χ3v) is 23.8. The number of benzene rings is 2. The van der Waals surface area contributed by atoms with E-state index in [2.05, 4.69) is 18.2 Å². The number of Topliss-reactive ketones (excluding diaryl/α,β-unsaturated/α-hetero) is 2. The summed E-state index contributed by atoms with van der Waals surface area (Å²) in [7, 11) is 0. The third-order valence-electron chi connectivity index (χ3n) is 14.8. The zero-order valence-electron chi connectivity index (χ0n) is 41.8. The maximum absolute atomic E-state index is 14.7. The van der Waals surface area contributed by atoms with Gasteiger partial charge in [-0.3, -0.25) is 9.59 Å². The first-order valence-corrected chi connectivity index (χ1v) is 30.5. The zero-order chi connectivity index (χ0) is 55.7. The highest BCUT2D eigenvalue weighted by molar-refractivity contribution is 7.31. The van der Waals surface area contributed by atoms with Crippen LogP contribution in [0.2, 0.25) is 20.1 Å². The summed E-state index contributed by atoms with van der Waals surface area (Å²) in [5.41, 5.74) is 3.69. The van der Waals surface area contributed by atoms with E-state index >= 15 is 0 Å². The monoisotopic (exact) mass is 1220 g/mol. The summed E-state index contributed by atoms with van der Waals surface area (Å²) in [6, 6.07) is 26.4. The van der Waals surface area contributed by atoms with E-state index < -0.39 is 22.7 Å². The van der Waals surface area contributed by atoms with Crippen LogP contribution < -0.4 is 9.47 Å². The first-order chi connectivity index (χ1) is 37.5. The molecule has 0 saturated carbocycles. The molecule has 0 fully saturated rings. The molecule has 6 aromatic heterocycles. The van der Waals surface area contributed by atoms with Crippen LogP contribution >= 0.6 is 114 Å². The number of fused-ring (bicyclic) bond motifs is 11. The standard InChI is InChI=1S/C60H32Cl4N4O5S6/c1-58(2)34-16-44(46-18-36-54(79-46)56-42(73-60(36,5)6)10-26(75-56)8-32-48(24(21-67)22-68)28-12-38(62)40(64)14-30(28)50(32)70)77-52(34)51-33(57(58)71)15-43(76-51)45-17-35-53(78-45)55-41(72-59(35,3)4)9-25(74-55)7-31-47(23(19-65)20-66)27-11-37(61)39(63)13-29(27)49(31)69/h7-18,49,69H,1-6H3/b31-7-,32-8-. The van der Waals surface area contributed by atoms with E-state index in [1.54, 1.807) is 69.6 Å². The van der Waals surface area contributed by atoms with E-state index in [4.69, 9.17) is 55.9 Å². The highest BCUT2D eigenvalue weighted by Crippen LogP contribution is 2.61. The number of rotatable bonds is 4. The number of carbonyl (C=O) groups is 2. The Morgan fingerprint density at radius 1 is 0.519 bits per heavy atom. The lowest BCUT2D eigenvalue weighted by Gasteiger charge is -2.31. The topological polar surface area (TPSA) is 168 Å². The van der Waals surface area contributed by atoms with E-state index in [1.807, 2.05) is 84.0 Å². The summed E-state index contributed by atoms with van der Waals surface area (Å²) in [5.74, 6) is 1.00. The Kier molecular flexibility index (Phi) is 11.9. The molecule has 8 heterocycles. The van der Waals surface area contributed by atoms with Gasteiger partial charge in [-0.2, -0.15) is 21.0 Å². The van der Waals surface area contributed by atoms with Crippen molar-refractivity contribution in [1.82, 2.24) is 0 Å². The van der Waals surface area contributed by atoms with Crippen molar-refractivity contribution in [3.05, 3.63) is 157 Å². The molecule has 0 radical (unpaired) electrons. The number of nitriles is 4. The summed E-state index contributed by atoms with van der Waals surface area (Å²) in [6.45, 7) is 12.1. The number of aliphatic hydroxyl groups is 1. The van der Waals surface area contributed by atoms with Crippen LogP contribution in [0, 0.1) is 45.3 Å². The molecule has 3 aliphatic carbocycles. The minimum Gasteiger partial charge on any atom is -0.482 e. The normalized spacial score (nSPS) is 18.2. The molecule has 19 heteroatoms. The van der Waals surface area contributed by atoms with Crippen molar-refractivity contribution in [2.45, 2.75) is 64.3 Å². The second kappa shape index (κ2) is 18.1. The van der Waals surface area contributed by atoms with Crippen LogP contribution in [0.1, 0.15) is 111 Å². The SMILES string of the molecule is CC1(C)Oc2cc(/C=C3/C(=C(C#N)C#N)c4cc(Cl)c(Cl)cc4C3O)sc2-c2sc(-c3cc4c(s3)-c3sc(-c5cc6c(s5)-c5sc(/C=C7\C(=O)c8cc(Cl)c(Cl)cc8C7=C(C#N)C#N)cc5OC6(C)C)cc3C(C)(C)C4=O)cc21. The maximum atomic E-state index is 14.7. The van der Waals surface area contributed by atoms with Crippen molar-refractivity contribution in [2.75, 3.05) is 0 Å². The van der Waals surface area contributed by atoms with Gasteiger partial charge in [0, 0.05) is 73.1 Å². The average Bonchev–Trinajstić information content (AvgIpc) is 4.49. The molecular weight excluding hydrogens is 1190 g/mol. The number of nitrogens with zero attached hydrogens (tertiary/aromatic N) is 4. The lowest BCUT2D eigenvalue weighted by molar-refractivity contribution is 0.0907. The summed E-state index contributed by atoms with van der Waals surface area (Å²) in [4.78, 5) is 39.9. The molecule has 5 aliphatic rings. The van der Waals surface area contributed by atoms with Gasteiger partial charge in [-0.1, -0.05) is 46.4 Å². The number of hydrogen-bond donors (Lipinski definition) is 1. The van der Waals surface area contributed by atoms with Gasteiger partial charge in [-0.15, -0.1) is 68.0 Å². The number of halogens is 4. The van der Waals surface area contributed by atoms with Crippen molar-refractivity contribution in [3.8, 4) is 84.5 Å². The minimum atomic E-state index is -1.16. The van der Waals surface area contributed by atoms with Crippen LogP contribution in [-0.2, 0) is 16.6 Å². The van der Waals surface area contributed by atoms with E-state index in [1.165, 1.54) is 34.8 Å². The van der Waals surface area contributed by atoms with Crippen LogP contribution in [0.15, 0.2) is 83.0 Å². The van der Waals surface area contributed by atoms with Gasteiger partial charge in [0.25, 0.3) is 0 Å². The Labute approximate surface area is 496 Å². The van der Waals surface area contributed by atoms with Crippen LogP contribution in [0.3, 0.4) is 0 Å². The van der Waals surface area contributed by atoms with E-state index in [9.17, 15) is 35.7 Å². The fourth-order valence-corrected chi connectivity index (χ4v) is 19.4. The molecule has 0 spiro atoms. The Bertz CT molecular complexity index is 4500. The van der Waals surface area contributed by atoms with Gasteiger partial charge in [0.1, 0.15) is 64.2 Å². The first kappa shape index (κ1) is 52.0. The van der Waals surface area contributed by atoms with Gasteiger partial charge in [0.2, 0.25) is 0 Å². The summed E-state index contributed by atoms with van der Waals surface area (Å²) >= 11 is 35.0.